The highest BCUT2D eigenvalue weighted by molar-refractivity contribution is 6.32. The number of nitrogens with one attached hydrogen (secondary N) is 1. The van der Waals surface area contributed by atoms with Gasteiger partial charge in [-0.05, 0) is 18.6 Å². The summed E-state index contributed by atoms with van der Waals surface area (Å²) in [6.45, 7) is 0.918. The zero-order valence-electron chi connectivity index (χ0n) is 11.1. The minimum atomic E-state index is -0.0297. The van der Waals surface area contributed by atoms with Gasteiger partial charge in [0.15, 0.2) is 17.5 Å². The topological polar surface area (TPSA) is 45.9 Å². The summed E-state index contributed by atoms with van der Waals surface area (Å²) in [7, 11) is 0. The molecule has 2 heterocycles. The number of anilines is 1. The number of halogens is 1. The molecular weight excluding hydrogens is 274 g/mol. The van der Waals surface area contributed by atoms with Crippen molar-refractivity contribution < 1.29 is 9.36 Å². The molecule has 0 aliphatic carbocycles. The third-order valence-electron chi connectivity index (χ3n) is 2.88. The van der Waals surface area contributed by atoms with Crippen molar-refractivity contribution in [2.45, 2.75) is 25.8 Å². The summed E-state index contributed by atoms with van der Waals surface area (Å²) >= 11 is 5.88. The lowest BCUT2D eigenvalue weighted by Gasteiger charge is -2.05. The quantitative estimate of drug-likeness (QED) is 0.505. The second-order valence-electron chi connectivity index (χ2n) is 4.46. The molecule has 4 nitrogen and oxygen atoms in total. The van der Waals surface area contributed by atoms with E-state index < -0.39 is 0 Å². The van der Waals surface area contributed by atoms with Gasteiger partial charge in [0.1, 0.15) is 6.54 Å². The van der Waals surface area contributed by atoms with E-state index >= 15 is 0 Å². The van der Waals surface area contributed by atoms with Crippen molar-refractivity contribution in [1.29, 1.82) is 0 Å². The Balaban J connectivity index is 1.69. The maximum Gasteiger partial charge on any atom is 0.224 e. The third-order valence-corrected chi connectivity index (χ3v) is 3.18. The van der Waals surface area contributed by atoms with Crippen LogP contribution in [-0.4, -0.2) is 10.9 Å². The number of carbonyl (C=O) groups excluding carboxylic acids is 1. The lowest BCUT2D eigenvalue weighted by Crippen LogP contribution is -2.32. The predicted molar refractivity (Wildman–Crippen MR) is 78.4 cm³/mol. The molecule has 0 radical (unpaired) electrons. The Morgan fingerprint density at radius 3 is 2.75 bits per heavy atom. The first kappa shape index (κ1) is 14.5. The van der Waals surface area contributed by atoms with E-state index in [1.54, 1.807) is 18.3 Å². The number of aryl methyl sites for hydroxylation is 1. The molecule has 5 heteroatoms. The molecule has 2 aromatic rings. The first-order valence-corrected chi connectivity index (χ1v) is 6.98. The SMILES string of the molecule is O=C(CCCC[n+]1ccccc1)Nc1cccnc1Cl. The molecule has 0 saturated carbocycles. The van der Waals surface area contributed by atoms with E-state index in [0.717, 1.165) is 19.4 Å². The number of amides is 1. The van der Waals surface area contributed by atoms with Gasteiger partial charge in [-0.25, -0.2) is 9.55 Å². The normalized spacial score (nSPS) is 10.2. The molecule has 1 N–H and O–H groups in total. The van der Waals surface area contributed by atoms with Crippen LogP contribution in [0.1, 0.15) is 19.3 Å². The second kappa shape index (κ2) is 7.60. The fourth-order valence-electron chi connectivity index (χ4n) is 1.86. The molecule has 0 fully saturated rings. The number of hydrogen-bond acceptors (Lipinski definition) is 2. The molecule has 0 bridgehead atoms. The Hall–Kier alpha value is -1.94. The number of rotatable bonds is 6. The first-order chi connectivity index (χ1) is 9.75. The maximum absolute atomic E-state index is 11.8. The number of pyridine rings is 2. The summed E-state index contributed by atoms with van der Waals surface area (Å²) in [5.41, 5.74) is 0.566. The van der Waals surface area contributed by atoms with Crippen LogP contribution in [0.5, 0.6) is 0 Å². The van der Waals surface area contributed by atoms with Crippen molar-refractivity contribution >= 4 is 23.2 Å². The minimum absolute atomic E-state index is 0.0297. The number of aromatic nitrogens is 2. The van der Waals surface area contributed by atoms with Crippen LogP contribution in [0.4, 0.5) is 5.69 Å². The van der Waals surface area contributed by atoms with Crippen LogP contribution < -0.4 is 9.88 Å². The molecule has 104 valence electrons. The number of nitrogens with zero attached hydrogens (tertiary/aromatic N) is 2. The summed E-state index contributed by atoms with van der Waals surface area (Å²) < 4.78 is 2.11. The lowest BCUT2D eigenvalue weighted by atomic mass is 10.2. The fraction of sp³-hybridized carbons (Fsp3) is 0.267. The van der Waals surface area contributed by atoms with Gasteiger partial charge in [0, 0.05) is 31.2 Å². The molecule has 0 aromatic carbocycles. The van der Waals surface area contributed by atoms with Gasteiger partial charge in [0.2, 0.25) is 5.91 Å². The summed E-state index contributed by atoms with van der Waals surface area (Å²) in [5, 5.41) is 3.09. The van der Waals surface area contributed by atoms with Crippen LogP contribution in [0.2, 0.25) is 5.15 Å². The van der Waals surface area contributed by atoms with Crippen LogP contribution in [0, 0.1) is 0 Å². The van der Waals surface area contributed by atoms with Gasteiger partial charge in [-0.1, -0.05) is 17.7 Å². The van der Waals surface area contributed by atoms with E-state index in [1.165, 1.54) is 0 Å². The monoisotopic (exact) mass is 290 g/mol. The van der Waals surface area contributed by atoms with Gasteiger partial charge in [-0.2, -0.15) is 0 Å². The number of carbonyl (C=O) groups is 1. The summed E-state index contributed by atoms with van der Waals surface area (Å²) in [5.74, 6) is -0.0297. The fourth-order valence-corrected chi connectivity index (χ4v) is 2.02. The molecule has 0 unspecified atom stereocenters. The average Bonchev–Trinajstić information content (AvgIpc) is 2.47. The van der Waals surface area contributed by atoms with E-state index in [2.05, 4.69) is 14.9 Å². The Bertz CT molecular complexity index is 560. The second-order valence-corrected chi connectivity index (χ2v) is 4.82. The molecule has 0 atom stereocenters. The van der Waals surface area contributed by atoms with E-state index in [9.17, 15) is 4.79 Å². The van der Waals surface area contributed by atoms with Crippen molar-refractivity contribution in [3.05, 3.63) is 54.1 Å². The van der Waals surface area contributed by atoms with Crippen LogP contribution in [0.3, 0.4) is 0 Å². The van der Waals surface area contributed by atoms with E-state index in [0.29, 0.717) is 17.3 Å². The number of hydrogen-bond donors (Lipinski definition) is 1. The largest absolute Gasteiger partial charge is 0.323 e. The summed E-state index contributed by atoms with van der Waals surface area (Å²) in [4.78, 5) is 15.7. The lowest BCUT2D eigenvalue weighted by molar-refractivity contribution is -0.697. The van der Waals surface area contributed by atoms with Crippen molar-refractivity contribution in [3.63, 3.8) is 0 Å². The third kappa shape index (κ3) is 4.63. The molecule has 20 heavy (non-hydrogen) atoms. The van der Waals surface area contributed by atoms with Gasteiger partial charge < -0.3 is 5.32 Å². The first-order valence-electron chi connectivity index (χ1n) is 6.60. The Morgan fingerprint density at radius 1 is 1.20 bits per heavy atom. The van der Waals surface area contributed by atoms with Crippen LogP contribution in [0.15, 0.2) is 48.9 Å². The van der Waals surface area contributed by atoms with Gasteiger partial charge in [-0.3, -0.25) is 4.79 Å². The van der Waals surface area contributed by atoms with Gasteiger partial charge in [0.25, 0.3) is 0 Å². The maximum atomic E-state index is 11.8. The molecule has 1 amide bonds. The smallest absolute Gasteiger partial charge is 0.224 e. The minimum Gasteiger partial charge on any atom is -0.323 e. The van der Waals surface area contributed by atoms with Crippen molar-refractivity contribution in [1.82, 2.24) is 4.98 Å². The molecule has 0 aliphatic rings. The van der Waals surface area contributed by atoms with Gasteiger partial charge in [0.05, 0.1) is 5.69 Å². The van der Waals surface area contributed by atoms with E-state index in [1.807, 2.05) is 30.6 Å². The highest BCUT2D eigenvalue weighted by Gasteiger charge is 2.06. The standard InChI is InChI=1S/C15H16ClN3O/c16-15-13(7-6-9-17-15)18-14(20)8-2-5-12-19-10-3-1-4-11-19/h1,3-4,6-7,9-11H,2,5,8,12H2/p+1. The zero-order chi connectivity index (χ0) is 14.2. The Kier molecular flexibility index (Phi) is 5.50. The summed E-state index contributed by atoms with van der Waals surface area (Å²) in [6, 6.07) is 9.47. The van der Waals surface area contributed by atoms with Crippen molar-refractivity contribution in [2.75, 3.05) is 5.32 Å². The van der Waals surface area contributed by atoms with Gasteiger partial charge in [-0.15, -0.1) is 0 Å². The van der Waals surface area contributed by atoms with Crippen molar-refractivity contribution in [3.8, 4) is 0 Å². The molecule has 2 aromatic heterocycles. The average molecular weight is 291 g/mol. The highest BCUT2D eigenvalue weighted by atomic mass is 35.5. The molecule has 0 spiro atoms. The van der Waals surface area contributed by atoms with Crippen LogP contribution in [-0.2, 0) is 11.3 Å². The molecule has 0 aliphatic heterocycles. The Labute approximate surface area is 123 Å². The van der Waals surface area contributed by atoms with Crippen LogP contribution in [0.25, 0.3) is 0 Å². The number of unbranched alkanes of at least 4 members (excludes halogenated alkanes) is 1. The zero-order valence-corrected chi connectivity index (χ0v) is 11.9. The highest BCUT2D eigenvalue weighted by Crippen LogP contribution is 2.17. The molecule has 2 rings (SSSR count). The van der Waals surface area contributed by atoms with E-state index in [-0.39, 0.29) is 5.91 Å². The van der Waals surface area contributed by atoms with Crippen LogP contribution >= 0.6 is 11.6 Å². The Morgan fingerprint density at radius 2 is 2.00 bits per heavy atom. The predicted octanol–water partition coefficient (Wildman–Crippen LogP) is 2.83. The van der Waals surface area contributed by atoms with Gasteiger partial charge >= 0.3 is 0 Å². The summed E-state index contributed by atoms with van der Waals surface area (Å²) in [6.07, 6.45) is 7.92. The van der Waals surface area contributed by atoms with E-state index in [4.69, 9.17) is 11.6 Å². The van der Waals surface area contributed by atoms with Crippen molar-refractivity contribution in [2.24, 2.45) is 0 Å². The molecular formula is C15H17ClN3O+. The molecule has 0 saturated heterocycles.